The topological polar surface area (TPSA) is 47.1 Å². The van der Waals surface area contributed by atoms with E-state index in [9.17, 15) is 17.6 Å². The number of nitrogens with zero attached hydrogens (tertiary/aromatic N) is 1. The highest BCUT2D eigenvalue weighted by atomic mass is 35.5. The van der Waals surface area contributed by atoms with E-state index in [0.29, 0.717) is 22.4 Å². The summed E-state index contributed by atoms with van der Waals surface area (Å²) in [5, 5.41) is -0.172. The summed E-state index contributed by atoms with van der Waals surface area (Å²) in [6, 6.07) is 8.10. The van der Waals surface area contributed by atoms with Crippen LogP contribution in [0.15, 0.2) is 36.4 Å². The molecule has 0 aliphatic heterocycles. The number of alkyl halides is 3. The molecule has 0 bridgehead atoms. The first-order chi connectivity index (χ1) is 12.2. The summed E-state index contributed by atoms with van der Waals surface area (Å²) in [6.45, 7) is 1.83. The molecule has 1 N–H and O–H groups in total. The van der Waals surface area contributed by atoms with Crippen molar-refractivity contribution in [2.24, 2.45) is 0 Å². The minimum atomic E-state index is -4.81. The first-order valence-electron chi connectivity index (χ1n) is 7.52. The number of hydrogen-bond donors (Lipinski definition) is 1. The zero-order valence-corrected chi connectivity index (χ0v) is 14.2. The van der Waals surface area contributed by atoms with Crippen LogP contribution in [0.3, 0.4) is 0 Å². The van der Waals surface area contributed by atoms with E-state index in [4.69, 9.17) is 16.3 Å². The number of fused-ring (bicyclic) bond motifs is 1. The van der Waals surface area contributed by atoms with Crippen molar-refractivity contribution in [2.75, 3.05) is 0 Å². The minimum Gasteiger partial charge on any atom is -0.404 e. The fourth-order valence-corrected chi connectivity index (χ4v) is 2.61. The lowest BCUT2D eigenvalue weighted by atomic mass is 10.1. The van der Waals surface area contributed by atoms with E-state index < -0.39 is 18.2 Å². The number of hydrogen-bond acceptors (Lipinski definition) is 3. The number of H-pyrrole nitrogens is 1. The van der Waals surface area contributed by atoms with E-state index in [1.807, 2.05) is 0 Å². The Bertz CT molecular complexity index is 927. The lowest BCUT2D eigenvalue weighted by Gasteiger charge is -2.15. The maximum Gasteiger partial charge on any atom is 0.573 e. The van der Waals surface area contributed by atoms with Crippen LogP contribution in [-0.2, 0) is 11.3 Å². The molecule has 0 amide bonds. The third kappa shape index (κ3) is 4.44. The van der Waals surface area contributed by atoms with Gasteiger partial charge in [-0.25, -0.2) is 9.37 Å². The first kappa shape index (κ1) is 18.5. The van der Waals surface area contributed by atoms with Crippen molar-refractivity contribution in [1.82, 2.24) is 9.97 Å². The Morgan fingerprint density at radius 1 is 1.19 bits per heavy atom. The van der Waals surface area contributed by atoms with Crippen LogP contribution in [-0.4, -0.2) is 16.3 Å². The Hall–Kier alpha value is -2.32. The van der Waals surface area contributed by atoms with Crippen molar-refractivity contribution in [1.29, 1.82) is 0 Å². The van der Waals surface area contributed by atoms with Gasteiger partial charge in [-0.15, -0.1) is 13.2 Å². The Morgan fingerprint density at radius 3 is 2.65 bits per heavy atom. The third-order valence-corrected chi connectivity index (χ3v) is 3.91. The molecule has 1 heterocycles. The smallest absolute Gasteiger partial charge is 0.404 e. The van der Waals surface area contributed by atoms with Crippen LogP contribution in [0.5, 0.6) is 5.75 Å². The van der Waals surface area contributed by atoms with Gasteiger partial charge in [-0.3, -0.25) is 0 Å². The second-order valence-electron chi connectivity index (χ2n) is 5.54. The first-order valence-corrected chi connectivity index (χ1v) is 7.90. The molecular weight excluding hydrogens is 376 g/mol. The highest BCUT2D eigenvalue weighted by Crippen LogP contribution is 2.33. The Morgan fingerprint density at radius 2 is 1.96 bits per heavy atom. The lowest BCUT2D eigenvalue weighted by molar-refractivity contribution is -0.274. The van der Waals surface area contributed by atoms with Crippen molar-refractivity contribution in [3.63, 3.8) is 0 Å². The average Bonchev–Trinajstić information content (AvgIpc) is 2.95. The van der Waals surface area contributed by atoms with Gasteiger partial charge in [0.2, 0.25) is 0 Å². The molecule has 0 radical (unpaired) electrons. The lowest BCUT2D eigenvalue weighted by Crippen LogP contribution is -2.17. The predicted molar refractivity (Wildman–Crippen MR) is 87.4 cm³/mol. The number of aromatic nitrogens is 2. The van der Waals surface area contributed by atoms with E-state index in [0.717, 1.165) is 6.07 Å². The van der Waals surface area contributed by atoms with Crippen molar-refractivity contribution >= 4 is 22.6 Å². The van der Waals surface area contributed by atoms with Gasteiger partial charge in [0.25, 0.3) is 0 Å². The standard InChI is InChI=1S/C17H13ClF4N2O2/c1-9(10-2-5-15(12(18)6-10)26-17(20,21)22)25-8-16-23-13-4-3-11(19)7-14(13)24-16/h2-7,9H,8H2,1H3,(H,23,24). The van der Waals surface area contributed by atoms with Crippen molar-refractivity contribution in [3.05, 3.63) is 58.6 Å². The van der Waals surface area contributed by atoms with Crippen LogP contribution >= 0.6 is 11.6 Å². The average molecular weight is 389 g/mol. The minimum absolute atomic E-state index is 0.107. The number of imidazole rings is 1. The van der Waals surface area contributed by atoms with Crippen LogP contribution < -0.4 is 4.74 Å². The Labute approximate surface area is 150 Å². The highest BCUT2D eigenvalue weighted by Gasteiger charge is 2.32. The number of benzene rings is 2. The molecule has 26 heavy (non-hydrogen) atoms. The van der Waals surface area contributed by atoms with Gasteiger partial charge in [0, 0.05) is 0 Å². The molecule has 1 unspecified atom stereocenters. The molecular formula is C17H13ClF4N2O2. The van der Waals surface area contributed by atoms with Gasteiger partial charge in [0.05, 0.1) is 22.2 Å². The Kier molecular flexibility index (Phi) is 5.06. The van der Waals surface area contributed by atoms with Crippen LogP contribution in [0.2, 0.25) is 5.02 Å². The van der Waals surface area contributed by atoms with Crippen LogP contribution in [0, 0.1) is 5.82 Å². The van der Waals surface area contributed by atoms with E-state index in [1.54, 1.807) is 13.0 Å². The van der Waals surface area contributed by atoms with E-state index in [1.165, 1.54) is 24.3 Å². The maximum absolute atomic E-state index is 13.2. The van der Waals surface area contributed by atoms with Gasteiger partial charge in [0.1, 0.15) is 24.0 Å². The molecule has 1 atom stereocenters. The van der Waals surface area contributed by atoms with Crippen LogP contribution in [0.25, 0.3) is 11.0 Å². The predicted octanol–water partition coefficient (Wildman–Crippen LogP) is 5.53. The summed E-state index contributed by atoms with van der Waals surface area (Å²) < 4.78 is 59.5. The summed E-state index contributed by atoms with van der Waals surface area (Å²) in [7, 11) is 0. The highest BCUT2D eigenvalue weighted by molar-refractivity contribution is 6.32. The number of nitrogens with one attached hydrogen (secondary N) is 1. The Balaban J connectivity index is 1.67. The number of halogens is 5. The molecule has 0 fully saturated rings. The molecule has 4 nitrogen and oxygen atoms in total. The third-order valence-electron chi connectivity index (χ3n) is 3.61. The van der Waals surface area contributed by atoms with Gasteiger partial charge in [-0.1, -0.05) is 17.7 Å². The summed E-state index contributed by atoms with van der Waals surface area (Å²) in [6.07, 6.45) is -5.27. The molecule has 0 aliphatic rings. The molecule has 138 valence electrons. The number of aromatic amines is 1. The monoisotopic (exact) mass is 388 g/mol. The fourth-order valence-electron chi connectivity index (χ4n) is 2.38. The van der Waals surface area contributed by atoms with Crippen molar-refractivity contribution in [2.45, 2.75) is 26.0 Å². The molecule has 0 aliphatic carbocycles. The molecule has 3 aromatic rings. The molecule has 0 spiro atoms. The molecule has 0 saturated carbocycles. The summed E-state index contributed by atoms with van der Waals surface area (Å²) >= 11 is 5.83. The normalized spacial score (nSPS) is 13.2. The van der Waals surface area contributed by atoms with Crippen LogP contribution in [0.4, 0.5) is 17.6 Å². The number of ether oxygens (including phenoxy) is 2. The largest absolute Gasteiger partial charge is 0.573 e. The molecule has 9 heteroatoms. The zero-order chi connectivity index (χ0) is 18.9. The second kappa shape index (κ2) is 7.13. The fraction of sp³-hybridized carbons (Fsp3) is 0.235. The SMILES string of the molecule is CC(OCc1nc2ccc(F)cc2[nH]1)c1ccc(OC(F)(F)F)c(Cl)c1. The van der Waals surface area contributed by atoms with Crippen molar-refractivity contribution in [3.8, 4) is 5.75 Å². The quantitative estimate of drug-likeness (QED) is 0.584. The zero-order valence-electron chi connectivity index (χ0n) is 13.4. The van der Waals surface area contributed by atoms with Gasteiger partial charge in [0.15, 0.2) is 0 Å². The second-order valence-corrected chi connectivity index (χ2v) is 5.94. The van der Waals surface area contributed by atoms with E-state index >= 15 is 0 Å². The summed E-state index contributed by atoms with van der Waals surface area (Å²) in [5.41, 5.74) is 1.73. The van der Waals surface area contributed by atoms with E-state index in [-0.39, 0.29) is 17.4 Å². The summed E-state index contributed by atoms with van der Waals surface area (Å²) in [5.74, 6) is -0.354. The van der Waals surface area contributed by atoms with E-state index in [2.05, 4.69) is 14.7 Å². The van der Waals surface area contributed by atoms with Gasteiger partial charge in [-0.2, -0.15) is 0 Å². The number of rotatable bonds is 5. The van der Waals surface area contributed by atoms with Gasteiger partial charge in [-0.05, 0) is 42.8 Å². The maximum atomic E-state index is 13.2. The van der Waals surface area contributed by atoms with Gasteiger partial charge >= 0.3 is 6.36 Å². The molecule has 1 aromatic heterocycles. The van der Waals surface area contributed by atoms with Gasteiger partial charge < -0.3 is 14.5 Å². The molecule has 3 rings (SSSR count). The van der Waals surface area contributed by atoms with Crippen LogP contribution in [0.1, 0.15) is 24.4 Å². The summed E-state index contributed by atoms with van der Waals surface area (Å²) in [4.78, 5) is 7.22. The van der Waals surface area contributed by atoms with Crippen molar-refractivity contribution < 1.29 is 27.0 Å². The molecule has 2 aromatic carbocycles. The molecule has 0 saturated heterocycles.